The van der Waals surface area contributed by atoms with Gasteiger partial charge in [-0.3, -0.25) is 9.59 Å². The molecule has 0 spiro atoms. The maximum atomic E-state index is 13.4. The predicted octanol–water partition coefficient (Wildman–Crippen LogP) is 2.94. The van der Waals surface area contributed by atoms with E-state index >= 15 is 0 Å². The Morgan fingerprint density at radius 2 is 1.77 bits per heavy atom. The van der Waals surface area contributed by atoms with Crippen molar-refractivity contribution >= 4 is 22.6 Å². The number of benzene rings is 2. The molecule has 1 N–H and O–H groups in total. The molecule has 0 fully saturated rings. The summed E-state index contributed by atoms with van der Waals surface area (Å²) in [6.07, 6.45) is 0. The Morgan fingerprint density at radius 1 is 1.03 bits per heavy atom. The molecular weight excluding hydrogens is 399 g/mol. The molecule has 0 atom stereocenters. The van der Waals surface area contributed by atoms with Crippen LogP contribution in [0.3, 0.4) is 0 Å². The zero-order valence-electron chi connectivity index (χ0n) is 16.9. The number of fused-ring (bicyclic) bond motifs is 1. The monoisotopic (exact) mass is 418 g/mol. The van der Waals surface area contributed by atoms with Gasteiger partial charge in [0.2, 0.25) is 5.91 Å². The summed E-state index contributed by atoms with van der Waals surface area (Å²) < 4.78 is 15.6. The van der Waals surface area contributed by atoms with Crippen molar-refractivity contribution < 1.29 is 9.18 Å². The third kappa shape index (κ3) is 3.87. The molecule has 0 bridgehead atoms. The number of aromatic nitrogens is 3. The minimum absolute atomic E-state index is 0.232. The molecule has 0 aliphatic heterocycles. The number of halogens is 1. The molecule has 7 nitrogen and oxygen atoms in total. The first kappa shape index (κ1) is 20.2. The second kappa shape index (κ2) is 7.98. The Balaban J connectivity index is 1.89. The van der Waals surface area contributed by atoms with Crippen molar-refractivity contribution in [1.82, 2.24) is 14.1 Å². The quantitative estimate of drug-likeness (QED) is 0.552. The van der Waals surface area contributed by atoms with E-state index in [9.17, 15) is 18.8 Å². The molecule has 0 aliphatic carbocycles. The first-order valence-electron chi connectivity index (χ1n) is 9.60. The van der Waals surface area contributed by atoms with Gasteiger partial charge in [0.1, 0.15) is 12.4 Å². The fourth-order valence-electron chi connectivity index (χ4n) is 3.54. The first-order chi connectivity index (χ1) is 14.8. The van der Waals surface area contributed by atoms with Crippen LogP contribution >= 0.6 is 0 Å². The molecule has 0 saturated carbocycles. The van der Waals surface area contributed by atoms with Crippen molar-refractivity contribution in [3.63, 3.8) is 0 Å². The van der Waals surface area contributed by atoms with Crippen molar-refractivity contribution in [3.05, 3.63) is 98.6 Å². The lowest BCUT2D eigenvalue weighted by Gasteiger charge is -2.15. The zero-order chi connectivity index (χ0) is 22.1. The van der Waals surface area contributed by atoms with Crippen LogP contribution in [0.4, 0.5) is 10.1 Å². The highest BCUT2D eigenvalue weighted by Crippen LogP contribution is 2.16. The summed E-state index contributed by atoms with van der Waals surface area (Å²) in [4.78, 5) is 43.5. The highest BCUT2D eigenvalue weighted by Gasteiger charge is 2.19. The summed E-state index contributed by atoms with van der Waals surface area (Å²) in [5.41, 5.74) is 1.01. The van der Waals surface area contributed by atoms with Crippen LogP contribution in [0.15, 0.2) is 70.3 Å². The summed E-state index contributed by atoms with van der Waals surface area (Å²) in [7, 11) is 0. The third-order valence-electron chi connectivity index (χ3n) is 4.84. The van der Waals surface area contributed by atoms with Crippen LogP contribution in [0.2, 0.25) is 0 Å². The van der Waals surface area contributed by atoms with Gasteiger partial charge in [0, 0.05) is 11.4 Å². The van der Waals surface area contributed by atoms with E-state index in [1.165, 1.54) is 22.8 Å². The van der Waals surface area contributed by atoms with E-state index in [0.29, 0.717) is 16.9 Å². The third-order valence-corrected chi connectivity index (χ3v) is 4.84. The molecule has 0 radical (unpaired) electrons. The predicted molar refractivity (Wildman–Crippen MR) is 116 cm³/mol. The number of nitrogens with one attached hydrogen (secondary N) is 1. The number of hydrogen-bond acceptors (Lipinski definition) is 4. The van der Waals surface area contributed by atoms with Gasteiger partial charge in [0.15, 0.2) is 5.65 Å². The molecule has 2 heterocycles. The number of amides is 1. The average Bonchev–Trinajstić information content (AvgIpc) is 2.71. The van der Waals surface area contributed by atoms with E-state index in [1.807, 2.05) is 6.07 Å². The van der Waals surface area contributed by atoms with Gasteiger partial charge in [-0.15, -0.1) is 0 Å². The average molecular weight is 418 g/mol. The van der Waals surface area contributed by atoms with E-state index in [4.69, 9.17) is 0 Å². The fraction of sp³-hybridized carbons (Fsp3) is 0.130. The number of carbonyl (C=O) groups is 1. The van der Waals surface area contributed by atoms with Crippen LogP contribution in [0.25, 0.3) is 16.7 Å². The lowest BCUT2D eigenvalue weighted by Crippen LogP contribution is -2.42. The number of anilines is 1. The number of nitrogens with zero attached hydrogens (tertiary/aromatic N) is 3. The molecule has 0 saturated heterocycles. The largest absolute Gasteiger partial charge is 0.337 e. The topological polar surface area (TPSA) is 86.0 Å². The van der Waals surface area contributed by atoms with Gasteiger partial charge >= 0.3 is 5.69 Å². The maximum Gasteiger partial charge on any atom is 0.337 e. The second-order valence-corrected chi connectivity index (χ2v) is 7.18. The van der Waals surface area contributed by atoms with Crippen molar-refractivity contribution in [3.8, 4) is 5.69 Å². The van der Waals surface area contributed by atoms with E-state index in [1.54, 1.807) is 44.2 Å². The Bertz CT molecular complexity index is 1420. The molecule has 2 aromatic heterocycles. The van der Waals surface area contributed by atoms with Crippen LogP contribution in [-0.2, 0) is 11.3 Å². The SMILES string of the molecule is Cc1cc(C)c2c(=O)n(CC(=O)Nc3cccc(F)c3)c(=O)n(-c3ccccc3)c2n1. The lowest BCUT2D eigenvalue weighted by atomic mass is 10.1. The highest BCUT2D eigenvalue weighted by atomic mass is 19.1. The summed E-state index contributed by atoms with van der Waals surface area (Å²) in [6, 6.07) is 15.9. The summed E-state index contributed by atoms with van der Waals surface area (Å²) >= 11 is 0. The van der Waals surface area contributed by atoms with Crippen LogP contribution in [0, 0.1) is 19.7 Å². The van der Waals surface area contributed by atoms with Crippen LogP contribution < -0.4 is 16.6 Å². The van der Waals surface area contributed by atoms with Crippen molar-refractivity contribution in [2.75, 3.05) is 5.32 Å². The molecule has 0 unspecified atom stereocenters. The molecular formula is C23H19FN4O3. The smallest absolute Gasteiger partial charge is 0.324 e. The maximum absolute atomic E-state index is 13.4. The van der Waals surface area contributed by atoms with Crippen LogP contribution in [0.5, 0.6) is 0 Å². The van der Waals surface area contributed by atoms with E-state index < -0.39 is 29.5 Å². The fourth-order valence-corrected chi connectivity index (χ4v) is 3.54. The minimum Gasteiger partial charge on any atom is -0.324 e. The molecule has 8 heteroatoms. The van der Waals surface area contributed by atoms with Gasteiger partial charge in [-0.25, -0.2) is 23.3 Å². The van der Waals surface area contributed by atoms with Gasteiger partial charge in [-0.2, -0.15) is 0 Å². The Hall–Kier alpha value is -4.07. The van der Waals surface area contributed by atoms with Crippen molar-refractivity contribution in [2.45, 2.75) is 20.4 Å². The summed E-state index contributed by atoms with van der Waals surface area (Å²) in [5.74, 6) is -1.13. The molecule has 0 aliphatic rings. The van der Waals surface area contributed by atoms with E-state index in [2.05, 4.69) is 10.3 Å². The van der Waals surface area contributed by atoms with E-state index in [0.717, 1.165) is 10.6 Å². The molecule has 4 aromatic rings. The second-order valence-electron chi connectivity index (χ2n) is 7.18. The van der Waals surface area contributed by atoms with Crippen molar-refractivity contribution in [2.24, 2.45) is 0 Å². The number of rotatable bonds is 4. The number of pyridine rings is 1. The van der Waals surface area contributed by atoms with Gasteiger partial charge in [0.25, 0.3) is 5.56 Å². The zero-order valence-corrected chi connectivity index (χ0v) is 16.9. The number of carbonyl (C=O) groups excluding carboxylic acids is 1. The Labute approximate surface area is 176 Å². The number of hydrogen-bond donors (Lipinski definition) is 1. The van der Waals surface area contributed by atoms with Gasteiger partial charge in [0.05, 0.1) is 11.1 Å². The van der Waals surface area contributed by atoms with Gasteiger partial charge in [-0.1, -0.05) is 24.3 Å². The molecule has 1 amide bonds. The van der Waals surface area contributed by atoms with Gasteiger partial charge < -0.3 is 5.32 Å². The standard InChI is InChI=1S/C23H19FN4O3/c1-14-11-15(2)25-21-20(14)22(30)27(23(31)28(21)18-9-4-3-5-10-18)13-19(29)26-17-8-6-7-16(24)12-17/h3-12H,13H2,1-2H3,(H,26,29). The summed E-state index contributed by atoms with van der Waals surface area (Å²) in [6.45, 7) is 3.02. The number of aryl methyl sites for hydroxylation is 2. The normalized spacial score (nSPS) is 10.9. The van der Waals surface area contributed by atoms with Crippen LogP contribution in [0.1, 0.15) is 11.3 Å². The lowest BCUT2D eigenvalue weighted by molar-refractivity contribution is -0.116. The van der Waals surface area contributed by atoms with Crippen LogP contribution in [-0.4, -0.2) is 20.0 Å². The minimum atomic E-state index is -0.685. The van der Waals surface area contributed by atoms with Crippen molar-refractivity contribution in [1.29, 1.82) is 0 Å². The van der Waals surface area contributed by atoms with Gasteiger partial charge in [-0.05, 0) is 55.8 Å². The Kier molecular flexibility index (Phi) is 5.21. The Morgan fingerprint density at radius 3 is 2.48 bits per heavy atom. The van der Waals surface area contributed by atoms with E-state index in [-0.39, 0.29) is 16.7 Å². The highest BCUT2D eigenvalue weighted by molar-refractivity contribution is 5.90. The first-order valence-corrected chi connectivity index (χ1v) is 9.60. The molecule has 4 rings (SSSR count). The number of para-hydroxylation sites is 1. The summed E-state index contributed by atoms with van der Waals surface area (Å²) in [5, 5.41) is 2.77. The molecule has 2 aromatic carbocycles. The molecule has 31 heavy (non-hydrogen) atoms. The molecule has 156 valence electrons.